The molecule has 5 heteroatoms. The fraction of sp³-hybridized carbons (Fsp3) is 0.429. The van der Waals surface area contributed by atoms with E-state index in [1.54, 1.807) is 6.07 Å². The Labute approximate surface area is 121 Å². The molecule has 0 bridgehead atoms. The van der Waals surface area contributed by atoms with Gasteiger partial charge in [0, 0.05) is 23.2 Å². The molecule has 0 spiro atoms. The zero-order chi connectivity index (χ0) is 13.7. The largest absolute Gasteiger partial charge is 0.376 e. The van der Waals surface area contributed by atoms with Crippen molar-refractivity contribution in [3.05, 3.63) is 28.2 Å². The van der Waals surface area contributed by atoms with Gasteiger partial charge >= 0.3 is 0 Å². The molecule has 0 atom stereocenters. The van der Waals surface area contributed by atoms with Crippen molar-refractivity contribution in [2.75, 3.05) is 25.0 Å². The lowest BCUT2D eigenvalue weighted by Gasteiger charge is -2.26. The lowest BCUT2D eigenvalue weighted by atomic mass is 10.1. The first-order chi connectivity index (χ1) is 9.20. The van der Waals surface area contributed by atoms with Crippen LogP contribution in [0.1, 0.15) is 24.8 Å². The summed E-state index contributed by atoms with van der Waals surface area (Å²) in [4.78, 5) is 13.9. The molecule has 1 heterocycles. The first-order valence-corrected chi connectivity index (χ1v) is 7.21. The van der Waals surface area contributed by atoms with E-state index in [9.17, 15) is 4.79 Å². The molecule has 0 unspecified atom stereocenters. The van der Waals surface area contributed by atoms with Crippen LogP contribution in [-0.4, -0.2) is 30.4 Å². The van der Waals surface area contributed by atoms with E-state index in [1.807, 2.05) is 17.0 Å². The van der Waals surface area contributed by atoms with Crippen molar-refractivity contribution in [2.45, 2.75) is 19.3 Å². The minimum Gasteiger partial charge on any atom is -0.376 e. The minimum atomic E-state index is 0.139. The van der Waals surface area contributed by atoms with Crippen molar-refractivity contribution >= 4 is 27.5 Å². The quantitative estimate of drug-likeness (QED) is 0.931. The van der Waals surface area contributed by atoms with Crippen LogP contribution in [0.5, 0.6) is 0 Å². The fourth-order valence-electron chi connectivity index (χ4n) is 2.15. The van der Waals surface area contributed by atoms with Gasteiger partial charge in [-0.1, -0.05) is 0 Å². The molecule has 4 nitrogen and oxygen atoms in total. The summed E-state index contributed by atoms with van der Waals surface area (Å²) >= 11 is 3.33. The number of piperidine rings is 1. The number of amides is 1. The number of hydrogen-bond acceptors (Lipinski definition) is 3. The van der Waals surface area contributed by atoms with Gasteiger partial charge in [-0.2, -0.15) is 5.26 Å². The molecule has 1 N–H and O–H groups in total. The molecule has 1 aromatic rings. The second-order valence-corrected chi connectivity index (χ2v) is 5.46. The number of nitrogens with zero attached hydrogens (tertiary/aromatic N) is 2. The Kier molecular flexibility index (Phi) is 4.80. The van der Waals surface area contributed by atoms with Crippen LogP contribution in [0, 0.1) is 11.3 Å². The average Bonchev–Trinajstić information content (AvgIpc) is 2.46. The summed E-state index contributed by atoms with van der Waals surface area (Å²) in [5, 5.41) is 11.9. The first-order valence-electron chi connectivity index (χ1n) is 6.42. The second-order valence-electron chi connectivity index (χ2n) is 4.60. The van der Waals surface area contributed by atoms with Gasteiger partial charge in [-0.15, -0.1) is 0 Å². The van der Waals surface area contributed by atoms with Crippen LogP contribution >= 0.6 is 15.9 Å². The van der Waals surface area contributed by atoms with E-state index in [0.29, 0.717) is 12.1 Å². The third-order valence-electron chi connectivity index (χ3n) is 3.24. The second kappa shape index (κ2) is 6.58. The number of likely N-dealkylation sites (tertiary alicyclic amines) is 1. The molecule has 1 amide bonds. The van der Waals surface area contributed by atoms with Crippen LogP contribution < -0.4 is 5.32 Å². The van der Waals surface area contributed by atoms with Crippen molar-refractivity contribution < 1.29 is 4.79 Å². The van der Waals surface area contributed by atoms with E-state index in [2.05, 4.69) is 27.3 Å². The number of rotatable bonds is 3. The van der Waals surface area contributed by atoms with Gasteiger partial charge in [-0.25, -0.2) is 0 Å². The highest BCUT2D eigenvalue weighted by molar-refractivity contribution is 9.10. The summed E-state index contributed by atoms with van der Waals surface area (Å²) in [5.74, 6) is 0.139. The molecule has 2 rings (SSSR count). The number of nitrogens with one attached hydrogen (secondary N) is 1. The lowest BCUT2D eigenvalue weighted by molar-refractivity contribution is -0.130. The van der Waals surface area contributed by atoms with Crippen LogP contribution in [-0.2, 0) is 4.79 Å². The molecule has 1 aliphatic rings. The maximum Gasteiger partial charge on any atom is 0.241 e. The molecule has 1 fully saturated rings. The Hall–Kier alpha value is -1.54. The minimum absolute atomic E-state index is 0.139. The zero-order valence-electron chi connectivity index (χ0n) is 10.7. The maximum absolute atomic E-state index is 12.0. The van der Waals surface area contributed by atoms with Gasteiger partial charge in [0.1, 0.15) is 6.07 Å². The predicted molar refractivity (Wildman–Crippen MR) is 77.8 cm³/mol. The van der Waals surface area contributed by atoms with E-state index in [1.165, 1.54) is 6.42 Å². The van der Waals surface area contributed by atoms with E-state index >= 15 is 0 Å². The third-order valence-corrected chi connectivity index (χ3v) is 3.90. The number of nitriles is 1. The summed E-state index contributed by atoms with van der Waals surface area (Å²) in [5.41, 5.74) is 1.43. The molecule has 0 aromatic heterocycles. The third kappa shape index (κ3) is 3.71. The van der Waals surface area contributed by atoms with Gasteiger partial charge in [0.25, 0.3) is 0 Å². The SMILES string of the molecule is N#Cc1ccc(NCC(=O)N2CCCCC2)cc1Br. The Balaban J connectivity index is 1.89. The maximum atomic E-state index is 12.0. The molecular formula is C14H16BrN3O. The monoisotopic (exact) mass is 321 g/mol. The number of carbonyl (C=O) groups is 1. The van der Waals surface area contributed by atoms with E-state index in [4.69, 9.17) is 5.26 Å². The van der Waals surface area contributed by atoms with Gasteiger partial charge in [0.15, 0.2) is 0 Å². The van der Waals surface area contributed by atoms with Crippen LogP contribution in [0.15, 0.2) is 22.7 Å². The molecule has 0 aliphatic carbocycles. The average molecular weight is 322 g/mol. The van der Waals surface area contributed by atoms with Crippen molar-refractivity contribution in [3.63, 3.8) is 0 Å². The van der Waals surface area contributed by atoms with Crippen LogP contribution in [0.2, 0.25) is 0 Å². The highest BCUT2D eigenvalue weighted by Gasteiger charge is 2.15. The van der Waals surface area contributed by atoms with Gasteiger partial charge < -0.3 is 10.2 Å². The smallest absolute Gasteiger partial charge is 0.241 e. The molecule has 1 aliphatic heterocycles. The van der Waals surface area contributed by atoms with Crippen LogP contribution in [0.3, 0.4) is 0 Å². The topological polar surface area (TPSA) is 56.1 Å². The molecule has 1 saturated heterocycles. The number of carbonyl (C=O) groups excluding carboxylic acids is 1. The molecule has 0 saturated carbocycles. The predicted octanol–water partition coefficient (Wildman–Crippen LogP) is 2.75. The number of anilines is 1. The highest BCUT2D eigenvalue weighted by atomic mass is 79.9. The summed E-state index contributed by atoms with van der Waals surface area (Å²) in [6, 6.07) is 7.46. The highest BCUT2D eigenvalue weighted by Crippen LogP contribution is 2.20. The van der Waals surface area contributed by atoms with Crippen molar-refractivity contribution in [2.24, 2.45) is 0 Å². The lowest BCUT2D eigenvalue weighted by Crippen LogP contribution is -2.39. The first kappa shape index (κ1) is 13.9. The summed E-state index contributed by atoms with van der Waals surface area (Å²) in [6.07, 6.45) is 3.43. The van der Waals surface area contributed by atoms with Gasteiger partial charge in [-0.05, 0) is 53.4 Å². The van der Waals surface area contributed by atoms with Crippen LogP contribution in [0.25, 0.3) is 0 Å². The molecule has 0 radical (unpaired) electrons. The van der Waals surface area contributed by atoms with Gasteiger partial charge in [0.2, 0.25) is 5.91 Å². The summed E-state index contributed by atoms with van der Waals surface area (Å²) < 4.78 is 0.741. The van der Waals surface area contributed by atoms with Crippen molar-refractivity contribution in [1.29, 1.82) is 5.26 Å². The fourth-order valence-corrected chi connectivity index (χ4v) is 2.62. The molecule has 100 valence electrons. The summed E-state index contributed by atoms with van der Waals surface area (Å²) in [6.45, 7) is 2.05. The normalized spacial score (nSPS) is 14.8. The Morgan fingerprint density at radius 2 is 2.11 bits per heavy atom. The Bertz CT molecular complexity index is 504. The van der Waals surface area contributed by atoms with Crippen molar-refractivity contribution in [3.8, 4) is 6.07 Å². The van der Waals surface area contributed by atoms with E-state index in [-0.39, 0.29) is 5.91 Å². The van der Waals surface area contributed by atoms with Gasteiger partial charge in [0.05, 0.1) is 12.1 Å². The summed E-state index contributed by atoms with van der Waals surface area (Å²) in [7, 11) is 0. The Morgan fingerprint density at radius 1 is 1.37 bits per heavy atom. The molecule has 19 heavy (non-hydrogen) atoms. The zero-order valence-corrected chi connectivity index (χ0v) is 12.2. The van der Waals surface area contributed by atoms with Crippen LogP contribution in [0.4, 0.5) is 5.69 Å². The molecular weight excluding hydrogens is 306 g/mol. The van der Waals surface area contributed by atoms with E-state index in [0.717, 1.165) is 36.1 Å². The molecule has 1 aromatic carbocycles. The number of benzene rings is 1. The van der Waals surface area contributed by atoms with E-state index < -0.39 is 0 Å². The standard InChI is InChI=1S/C14H16BrN3O/c15-13-8-12(5-4-11(13)9-16)17-10-14(19)18-6-2-1-3-7-18/h4-5,8,17H,1-3,6-7,10H2. The Morgan fingerprint density at radius 3 is 2.74 bits per heavy atom. The number of hydrogen-bond donors (Lipinski definition) is 1. The van der Waals surface area contributed by atoms with Crippen molar-refractivity contribution in [1.82, 2.24) is 4.90 Å². The number of halogens is 1. The van der Waals surface area contributed by atoms with Gasteiger partial charge in [-0.3, -0.25) is 4.79 Å².